The molecule has 0 amide bonds. The van der Waals surface area contributed by atoms with Crippen LogP contribution >= 0.6 is 0 Å². The largest absolute Gasteiger partial charge is 0.381 e. The molecule has 1 atom stereocenters. The molecular weight excluding hydrogens is 236 g/mol. The molecule has 2 aliphatic carbocycles. The maximum atomic E-state index is 5.75. The summed E-state index contributed by atoms with van der Waals surface area (Å²) in [7, 11) is 0. The molecule has 1 heterocycles. The number of rotatable bonds is 8. The Hall–Kier alpha value is -0.120. The zero-order chi connectivity index (χ0) is 13.3. The Balaban J connectivity index is 1.58. The van der Waals surface area contributed by atoms with Crippen molar-refractivity contribution in [3.05, 3.63) is 0 Å². The fraction of sp³-hybridized carbons (Fsp3) is 1.00. The Kier molecular flexibility index (Phi) is 4.16. The number of ether oxygens (including phenoxy) is 1. The molecule has 3 aliphatic rings. The lowest BCUT2D eigenvalue weighted by molar-refractivity contribution is 0.100. The van der Waals surface area contributed by atoms with Gasteiger partial charge < -0.3 is 10.1 Å². The normalized spacial score (nSPS) is 31.6. The maximum Gasteiger partial charge on any atom is 0.0547 e. The molecule has 0 aromatic carbocycles. The highest BCUT2D eigenvalue weighted by Gasteiger charge is 2.41. The molecule has 3 nitrogen and oxygen atoms in total. The third-order valence-corrected chi connectivity index (χ3v) is 4.86. The van der Waals surface area contributed by atoms with Crippen LogP contribution in [0.4, 0.5) is 0 Å². The molecule has 1 N–H and O–H groups in total. The van der Waals surface area contributed by atoms with Crippen molar-refractivity contribution in [3.8, 4) is 0 Å². The van der Waals surface area contributed by atoms with Crippen LogP contribution < -0.4 is 5.32 Å². The first-order valence-corrected chi connectivity index (χ1v) is 8.22. The zero-order valence-corrected chi connectivity index (χ0v) is 12.7. The number of nitrogens with one attached hydrogen (secondary N) is 1. The van der Waals surface area contributed by atoms with Crippen molar-refractivity contribution in [1.29, 1.82) is 0 Å². The second-order valence-electron chi connectivity index (χ2n) is 7.44. The van der Waals surface area contributed by atoms with Crippen LogP contribution in [0.1, 0.15) is 46.0 Å². The van der Waals surface area contributed by atoms with Crippen LogP contribution in [0.3, 0.4) is 0 Å². The Morgan fingerprint density at radius 3 is 2.58 bits per heavy atom. The quantitative estimate of drug-likeness (QED) is 0.729. The van der Waals surface area contributed by atoms with Crippen molar-refractivity contribution in [2.45, 2.75) is 58.0 Å². The second kappa shape index (κ2) is 5.71. The lowest BCUT2D eigenvalue weighted by Gasteiger charge is -2.35. The average Bonchev–Trinajstić information content (AvgIpc) is 3.27. The molecule has 0 aromatic heterocycles. The molecule has 0 radical (unpaired) electrons. The number of hydrogen-bond acceptors (Lipinski definition) is 3. The van der Waals surface area contributed by atoms with E-state index in [9.17, 15) is 0 Å². The zero-order valence-electron chi connectivity index (χ0n) is 12.7. The molecule has 19 heavy (non-hydrogen) atoms. The van der Waals surface area contributed by atoms with E-state index < -0.39 is 0 Å². The molecule has 1 aliphatic heterocycles. The Labute approximate surface area is 118 Å². The highest BCUT2D eigenvalue weighted by atomic mass is 16.5. The third kappa shape index (κ3) is 3.93. The van der Waals surface area contributed by atoms with Crippen molar-refractivity contribution in [1.82, 2.24) is 10.2 Å². The molecule has 1 unspecified atom stereocenters. The van der Waals surface area contributed by atoms with E-state index in [0.717, 1.165) is 31.7 Å². The fourth-order valence-corrected chi connectivity index (χ4v) is 3.24. The smallest absolute Gasteiger partial charge is 0.0547 e. The van der Waals surface area contributed by atoms with E-state index in [2.05, 4.69) is 24.1 Å². The molecule has 110 valence electrons. The van der Waals surface area contributed by atoms with Crippen LogP contribution in [-0.4, -0.2) is 49.8 Å². The van der Waals surface area contributed by atoms with Crippen LogP contribution in [0.15, 0.2) is 0 Å². The summed E-state index contributed by atoms with van der Waals surface area (Å²) >= 11 is 0. The highest BCUT2D eigenvalue weighted by molar-refractivity contribution is 4.95. The Bertz CT molecular complexity index is 291. The van der Waals surface area contributed by atoms with Gasteiger partial charge in [0.1, 0.15) is 0 Å². The van der Waals surface area contributed by atoms with Gasteiger partial charge in [0.15, 0.2) is 0 Å². The molecule has 2 saturated carbocycles. The van der Waals surface area contributed by atoms with Gasteiger partial charge >= 0.3 is 0 Å². The van der Waals surface area contributed by atoms with Crippen molar-refractivity contribution < 1.29 is 4.74 Å². The van der Waals surface area contributed by atoms with Gasteiger partial charge in [-0.15, -0.1) is 0 Å². The van der Waals surface area contributed by atoms with Crippen LogP contribution in [0.2, 0.25) is 0 Å². The number of nitrogens with zero attached hydrogens (tertiary/aromatic N) is 1. The first-order valence-electron chi connectivity index (χ1n) is 8.22. The summed E-state index contributed by atoms with van der Waals surface area (Å²) in [6, 6.07) is 1.48. The third-order valence-electron chi connectivity index (χ3n) is 4.86. The minimum absolute atomic E-state index is 0.377. The average molecular weight is 266 g/mol. The van der Waals surface area contributed by atoms with Gasteiger partial charge in [0.2, 0.25) is 0 Å². The summed E-state index contributed by atoms with van der Waals surface area (Å²) in [5.41, 5.74) is 0.377. The van der Waals surface area contributed by atoms with E-state index in [1.165, 1.54) is 45.2 Å². The summed E-state index contributed by atoms with van der Waals surface area (Å²) in [5.74, 6) is 1.01. The van der Waals surface area contributed by atoms with Gasteiger partial charge in [-0.05, 0) is 38.0 Å². The van der Waals surface area contributed by atoms with Crippen molar-refractivity contribution in [3.63, 3.8) is 0 Å². The molecule has 1 saturated heterocycles. The van der Waals surface area contributed by atoms with E-state index in [-0.39, 0.29) is 0 Å². The Morgan fingerprint density at radius 2 is 2.05 bits per heavy atom. The van der Waals surface area contributed by atoms with Gasteiger partial charge in [0.05, 0.1) is 6.61 Å². The lowest BCUT2D eigenvalue weighted by atomic mass is 9.86. The van der Waals surface area contributed by atoms with Crippen molar-refractivity contribution >= 4 is 0 Å². The van der Waals surface area contributed by atoms with E-state index in [1.807, 2.05) is 0 Å². The van der Waals surface area contributed by atoms with Gasteiger partial charge in [0, 0.05) is 43.7 Å². The fourth-order valence-electron chi connectivity index (χ4n) is 3.24. The Morgan fingerprint density at radius 1 is 1.26 bits per heavy atom. The molecule has 3 fully saturated rings. The van der Waals surface area contributed by atoms with E-state index in [0.29, 0.717) is 11.5 Å². The van der Waals surface area contributed by atoms with Gasteiger partial charge in [-0.3, -0.25) is 4.90 Å². The van der Waals surface area contributed by atoms with Gasteiger partial charge in [-0.25, -0.2) is 0 Å². The van der Waals surface area contributed by atoms with E-state index in [4.69, 9.17) is 4.74 Å². The lowest BCUT2D eigenvalue weighted by Crippen LogP contribution is -2.47. The first-order chi connectivity index (χ1) is 9.17. The second-order valence-corrected chi connectivity index (χ2v) is 7.44. The van der Waals surface area contributed by atoms with Crippen LogP contribution in [0, 0.1) is 11.3 Å². The van der Waals surface area contributed by atoms with E-state index >= 15 is 0 Å². The number of hydrogen-bond donors (Lipinski definition) is 1. The predicted molar refractivity (Wildman–Crippen MR) is 78.3 cm³/mol. The predicted octanol–water partition coefficient (Wildman–Crippen LogP) is 2.27. The monoisotopic (exact) mass is 266 g/mol. The van der Waals surface area contributed by atoms with Crippen molar-refractivity contribution in [2.75, 3.05) is 32.8 Å². The van der Waals surface area contributed by atoms with Crippen LogP contribution in [-0.2, 0) is 4.74 Å². The molecule has 3 heteroatoms. The molecule has 0 aromatic rings. The highest BCUT2D eigenvalue weighted by Crippen LogP contribution is 2.38. The SMILES string of the molecule is CC(C)NCC1(CN(CC2CC2)C2CC2)CCOC1. The van der Waals surface area contributed by atoms with Crippen LogP contribution in [0.25, 0.3) is 0 Å². The molecular formula is C16H30N2O. The topological polar surface area (TPSA) is 24.5 Å². The van der Waals surface area contributed by atoms with E-state index in [1.54, 1.807) is 0 Å². The molecule has 0 spiro atoms. The summed E-state index contributed by atoms with van der Waals surface area (Å²) in [5, 5.41) is 3.66. The van der Waals surface area contributed by atoms with Crippen LogP contribution in [0.5, 0.6) is 0 Å². The molecule has 0 bridgehead atoms. The molecule has 3 rings (SSSR count). The summed E-state index contributed by atoms with van der Waals surface area (Å²) in [6.07, 6.45) is 7.04. The summed E-state index contributed by atoms with van der Waals surface area (Å²) < 4.78 is 5.75. The summed E-state index contributed by atoms with van der Waals surface area (Å²) in [6.45, 7) is 10.1. The van der Waals surface area contributed by atoms with Gasteiger partial charge in [-0.1, -0.05) is 13.8 Å². The standard InChI is InChI=1S/C16H30N2O/c1-13(2)17-10-16(7-8-19-12-16)11-18(15-5-6-15)9-14-3-4-14/h13-15,17H,3-12H2,1-2H3. The maximum absolute atomic E-state index is 5.75. The van der Waals surface area contributed by atoms with Gasteiger partial charge in [-0.2, -0.15) is 0 Å². The summed E-state index contributed by atoms with van der Waals surface area (Å²) in [4.78, 5) is 2.80. The van der Waals surface area contributed by atoms with Gasteiger partial charge in [0.25, 0.3) is 0 Å². The van der Waals surface area contributed by atoms with Crippen molar-refractivity contribution in [2.24, 2.45) is 11.3 Å². The minimum Gasteiger partial charge on any atom is -0.381 e. The first kappa shape index (κ1) is 13.8. The minimum atomic E-state index is 0.377.